The fourth-order valence-electron chi connectivity index (χ4n) is 1.36. The van der Waals surface area contributed by atoms with Crippen molar-refractivity contribution in [3.8, 4) is 0 Å². The van der Waals surface area contributed by atoms with Crippen molar-refractivity contribution in [2.24, 2.45) is 5.73 Å². The second kappa shape index (κ2) is 2.31. The molecule has 12 heavy (non-hydrogen) atoms. The lowest BCUT2D eigenvalue weighted by Gasteiger charge is -2.02. The van der Waals surface area contributed by atoms with Gasteiger partial charge in [-0.15, -0.1) is 11.3 Å². The first-order valence-electron chi connectivity index (χ1n) is 3.70. The van der Waals surface area contributed by atoms with E-state index < -0.39 is 11.5 Å². The molecule has 3 N–H and O–H groups in total. The third-order valence-electron chi connectivity index (χ3n) is 2.29. The predicted octanol–water partition coefficient (Wildman–Crippen LogP) is 1.02. The van der Waals surface area contributed by atoms with Crippen LogP contribution in [0.3, 0.4) is 0 Å². The molecule has 1 fully saturated rings. The predicted molar refractivity (Wildman–Crippen MR) is 46.2 cm³/mol. The zero-order valence-electron chi connectivity index (χ0n) is 6.36. The van der Waals surface area contributed by atoms with Gasteiger partial charge < -0.3 is 10.8 Å². The Morgan fingerprint density at radius 1 is 1.83 bits per heavy atom. The van der Waals surface area contributed by atoms with E-state index in [1.165, 1.54) is 0 Å². The Hall–Kier alpha value is -0.870. The van der Waals surface area contributed by atoms with Gasteiger partial charge >= 0.3 is 5.97 Å². The maximum absolute atomic E-state index is 10.7. The van der Waals surface area contributed by atoms with Gasteiger partial charge in [-0.3, -0.25) is 4.79 Å². The van der Waals surface area contributed by atoms with Crippen molar-refractivity contribution in [3.63, 3.8) is 0 Å². The highest BCUT2D eigenvalue weighted by Crippen LogP contribution is 2.50. The Balaban J connectivity index is 2.19. The number of thiophene rings is 1. The second-order valence-electron chi connectivity index (χ2n) is 3.12. The fraction of sp³-hybridized carbons (Fsp3) is 0.375. The Morgan fingerprint density at radius 3 is 3.00 bits per heavy atom. The van der Waals surface area contributed by atoms with Crippen LogP contribution in [-0.2, 0) is 4.79 Å². The van der Waals surface area contributed by atoms with E-state index in [9.17, 15) is 4.79 Å². The molecule has 4 heteroatoms. The number of nitrogens with two attached hydrogens (primary N) is 1. The molecule has 0 saturated heterocycles. The molecule has 0 radical (unpaired) electrons. The van der Waals surface area contributed by atoms with Crippen molar-refractivity contribution >= 4 is 17.3 Å². The summed E-state index contributed by atoms with van der Waals surface area (Å²) in [5, 5.41) is 10.7. The Kier molecular flexibility index (Phi) is 1.49. The van der Waals surface area contributed by atoms with Crippen molar-refractivity contribution < 1.29 is 9.90 Å². The standard InChI is InChI=1S/C8H9NO2S/c9-8(7(10)11)4-5(8)6-2-1-3-12-6/h1-3,5H,4,9H2,(H,10,11). The lowest BCUT2D eigenvalue weighted by Crippen LogP contribution is -2.34. The van der Waals surface area contributed by atoms with Crippen LogP contribution in [0.4, 0.5) is 0 Å². The summed E-state index contributed by atoms with van der Waals surface area (Å²) in [6.07, 6.45) is 0.572. The minimum absolute atomic E-state index is 0.0370. The van der Waals surface area contributed by atoms with Gasteiger partial charge in [0.25, 0.3) is 0 Å². The molecule has 2 atom stereocenters. The lowest BCUT2D eigenvalue weighted by molar-refractivity contribution is -0.139. The summed E-state index contributed by atoms with van der Waals surface area (Å²) in [7, 11) is 0. The number of carboxylic acids is 1. The minimum Gasteiger partial charge on any atom is -0.480 e. The van der Waals surface area contributed by atoms with E-state index >= 15 is 0 Å². The van der Waals surface area contributed by atoms with Crippen LogP contribution in [0, 0.1) is 0 Å². The van der Waals surface area contributed by atoms with Crippen molar-refractivity contribution in [2.75, 3.05) is 0 Å². The van der Waals surface area contributed by atoms with Crippen LogP contribution in [-0.4, -0.2) is 16.6 Å². The van der Waals surface area contributed by atoms with Crippen molar-refractivity contribution in [2.45, 2.75) is 17.9 Å². The summed E-state index contributed by atoms with van der Waals surface area (Å²) >= 11 is 1.57. The van der Waals surface area contributed by atoms with Gasteiger partial charge in [-0.1, -0.05) is 6.07 Å². The molecule has 0 aromatic carbocycles. The average Bonchev–Trinajstić information content (AvgIpc) is 2.49. The summed E-state index contributed by atoms with van der Waals surface area (Å²) in [5.74, 6) is -0.851. The van der Waals surface area contributed by atoms with E-state index in [-0.39, 0.29) is 5.92 Å². The minimum atomic E-state index is -0.981. The maximum atomic E-state index is 10.7. The Labute approximate surface area is 73.8 Å². The zero-order chi connectivity index (χ0) is 8.77. The molecule has 1 aliphatic rings. The molecule has 2 rings (SSSR count). The van der Waals surface area contributed by atoms with Gasteiger partial charge in [0.05, 0.1) is 0 Å². The number of carboxylic acid groups (broad SMARTS) is 1. The van der Waals surface area contributed by atoms with E-state index in [0.29, 0.717) is 6.42 Å². The number of hydrogen-bond donors (Lipinski definition) is 2. The van der Waals surface area contributed by atoms with Gasteiger partial charge in [0, 0.05) is 10.8 Å². The molecule has 0 aliphatic heterocycles. The van der Waals surface area contributed by atoms with E-state index in [1.807, 2.05) is 17.5 Å². The molecule has 64 valence electrons. The Bertz CT molecular complexity index is 309. The number of aliphatic carboxylic acids is 1. The molecule has 1 aromatic rings. The molecule has 3 nitrogen and oxygen atoms in total. The normalized spacial score (nSPS) is 33.2. The van der Waals surface area contributed by atoms with Crippen molar-refractivity contribution in [3.05, 3.63) is 22.4 Å². The van der Waals surface area contributed by atoms with Gasteiger partial charge in [-0.25, -0.2) is 0 Å². The van der Waals surface area contributed by atoms with Crippen molar-refractivity contribution in [1.29, 1.82) is 0 Å². The quantitative estimate of drug-likeness (QED) is 0.719. The molecule has 2 unspecified atom stereocenters. The molecular formula is C8H9NO2S. The van der Waals surface area contributed by atoms with Gasteiger partial charge in [0.15, 0.2) is 0 Å². The molecule has 0 bridgehead atoms. The maximum Gasteiger partial charge on any atom is 0.324 e. The molecule has 1 heterocycles. The third kappa shape index (κ3) is 0.956. The third-order valence-corrected chi connectivity index (χ3v) is 3.27. The highest BCUT2D eigenvalue weighted by Gasteiger charge is 2.58. The molecule has 0 spiro atoms. The first-order valence-corrected chi connectivity index (χ1v) is 4.58. The van der Waals surface area contributed by atoms with Gasteiger partial charge in [0.1, 0.15) is 5.54 Å². The smallest absolute Gasteiger partial charge is 0.324 e. The van der Waals surface area contributed by atoms with E-state index in [1.54, 1.807) is 11.3 Å². The molecule has 0 amide bonds. The summed E-state index contributed by atoms with van der Waals surface area (Å²) < 4.78 is 0. The van der Waals surface area contributed by atoms with Crippen molar-refractivity contribution in [1.82, 2.24) is 0 Å². The molecule has 1 aromatic heterocycles. The first kappa shape index (κ1) is 7.76. The number of hydrogen-bond acceptors (Lipinski definition) is 3. The summed E-state index contributed by atoms with van der Waals surface area (Å²) in [6.45, 7) is 0. The molecule has 1 aliphatic carbocycles. The highest BCUT2D eigenvalue weighted by atomic mass is 32.1. The number of rotatable bonds is 2. The monoisotopic (exact) mass is 183 g/mol. The van der Waals surface area contributed by atoms with E-state index in [4.69, 9.17) is 10.8 Å². The van der Waals surface area contributed by atoms with Crippen LogP contribution in [0.1, 0.15) is 17.2 Å². The topological polar surface area (TPSA) is 63.3 Å². The van der Waals surface area contributed by atoms with Crippen LogP contribution in [0.25, 0.3) is 0 Å². The van der Waals surface area contributed by atoms with E-state index in [2.05, 4.69) is 0 Å². The van der Waals surface area contributed by atoms with Gasteiger partial charge in [0.2, 0.25) is 0 Å². The summed E-state index contributed by atoms with van der Waals surface area (Å²) in [5.41, 5.74) is 4.65. The zero-order valence-corrected chi connectivity index (χ0v) is 7.17. The molecule has 1 saturated carbocycles. The van der Waals surface area contributed by atoms with Crippen LogP contribution < -0.4 is 5.73 Å². The van der Waals surface area contributed by atoms with Crippen LogP contribution in [0.2, 0.25) is 0 Å². The largest absolute Gasteiger partial charge is 0.480 e. The molecular weight excluding hydrogens is 174 g/mol. The summed E-state index contributed by atoms with van der Waals surface area (Å²) in [6, 6.07) is 3.85. The van der Waals surface area contributed by atoms with E-state index in [0.717, 1.165) is 4.88 Å². The Morgan fingerprint density at radius 2 is 2.58 bits per heavy atom. The number of carbonyl (C=O) groups is 1. The van der Waals surface area contributed by atoms with Crippen LogP contribution in [0.5, 0.6) is 0 Å². The van der Waals surface area contributed by atoms with Gasteiger partial charge in [-0.2, -0.15) is 0 Å². The lowest BCUT2D eigenvalue weighted by atomic mass is 10.2. The van der Waals surface area contributed by atoms with Crippen LogP contribution >= 0.6 is 11.3 Å². The second-order valence-corrected chi connectivity index (χ2v) is 4.10. The highest BCUT2D eigenvalue weighted by molar-refractivity contribution is 7.10. The summed E-state index contributed by atoms with van der Waals surface area (Å²) in [4.78, 5) is 11.8. The van der Waals surface area contributed by atoms with Crippen LogP contribution in [0.15, 0.2) is 17.5 Å². The van der Waals surface area contributed by atoms with Gasteiger partial charge in [-0.05, 0) is 17.9 Å². The fourth-order valence-corrected chi connectivity index (χ4v) is 2.29. The first-order chi connectivity index (χ1) is 5.64. The SMILES string of the molecule is NC1(C(=O)O)CC1c1cccs1. The average molecular weight is 183 g/mol.